The minimum atomic E-state index is -1.77. The summed E-state index contributed by atoms with van der Waals surface area (Å²) in [5.74, 6) is 0. The minimum Gasteiger partial charge on any atom is -0.407 e. The molecular formula is C12H26O2Si. The number of rotatable bonds is 6. The molecule has 0 amide bonds. The highest BCUT2D eigenvalue weighted by molar-refractivity contribution is 6.74. The van der Waals surface area contributed by atoms with Crippen LogP contribution < -0.4 is 0 Å². The van der Waals surface area contributed by atoms with Gasteiger partial charge in [0.1, 0.15) is 12.4 Å². The lowest BCUT2D eigenvalue weighted by atomic mass is 10.2. The zero-order valence-electron chi connectivity index (χ0n) is 11.1. The van der Waals surface area contributed by atoms with Crippen LogP contribution in [0.25, 0.3) is 0 Å². The molecule has 1 atom stereocenters. The maximum Gasteiger partial charge on any atom is 0.193 e. The Bertz CT molecular complexity index is 194. The van der Waals surface area contributed by atoms with Crippen LogP contribution in [0.4, 0.5) is 0 Å². The van der Waals surface area contributed by atoms with Gasteiger partial charge < -0.3 is 9.22 Å². The first-order valence-electron chi connectivity index (χ1n) is 5.87. The lowest BCUT2D eigenvalue weighted by Gasteiger charge is -2.38. The van der Waals surface area contributed by atoms with Crippen LogP contribution in [0.3, 0.4) is 0 Å². The van der Waals surface area contributed by atoms with E-state index in [2.05, 4.69) is 40.8 Å². The third-order valence-electron chi connectivity index (χ3n) is 3.25. The van der Waals surface area contributed by atoms with Gasteiger partial charge in [-0.15, -0.1) is 0 Å². The van der Waals surface area contributed by atoms with Crippen molar-refractivity contribution < 1.29 is 9.22 Å². The summed E-state index contributed by atoms with van der Waals surface area (Å²) in [6.45, 7) is 13.1. The molecule has 0 spiro atoms. The van der Waals surface area contributed by atoms with E-state index >= 15 is 0 Å². The Morgan fingerprint density at radius 1 is 1.33 bits per heavy atom. The topological polar surface area (TPSA) is 26.3 Å². The number of aldehydes is 1. The van der Waals surface area contributed by atoms with E-state index in [1.807, 2.05) is 0 Å². The van der Waals surface area contributed by atoms with E-state index < -0.39 is 8.32 Å². The molecule has 3 heteroatoms. The van der Waals surface area contributed by atoms with Crippen LogP contribution in [-0.4, -0.2) is 20.7 Å². The van der Waals surface area contributed by atoms with Crippen molar-refractivity contribution in [1.29, 1.82) is 0 Å². The van der Waals surface area contributed by atoms with Gasteiger partial charge in [0, 0.05) is 0 Å². The van der Waals surface area contributed by atoms with Gasteiger partial charge in [-0.25, -0.2) is 0 Å². The number of unbranched alkanes of at least 4 members (excludes halogenated alkanes) is 1. The maximum absolute atomic E-state index is 10.9. The molecule has 0 bridgehead atoms. The van der Waals surface area contributed by atoms with Crippen molar-refractivity contribution in [3.05, 3.63) is 0 Å². The summed E-state index contributed by atoms with van der Waals surface area (Å²) in [5, 5.41) is 0.181. The Morgan fingerprint density at radius 2 is 1.87 bits per heavy atom. The molecular weight excluding hydrogens is 204 g/mol. The fourth-order valence-electron chi connectivity index (χ4n) is 1.12. The molecule has 1 unspecified atom stereocenters. The van der Waals surface area contributed by atoms with Gasteiger partial charge in [0.25, 0.3) is 0 Å². The Kier molecular flexibility index (Phi) is 5.74. The monoisotopic (exact) mass is 230 g/mol. The van der Waals surface area contributed by atoms with Gasteiger partial charge in [0.2, 0.25) is 0 Å². The van der Waals surface area contributed by atoms with Crippen LogP contribution in [0.1, 0.15) is 47.0 Å². The summed E-state index contributed by atoms with van der Waals surface area (Å²) in [6.07, 6.45) is 3.83. The van der Waals surface area contributed by atoms with E-state index in [9.17, 15) is 4.79 Å². The molecule has 0 N–H and O–H groups in total. The standard InChI is InChI=1S/C12H26O2Si/c1-7-8-9-11(10-13)14-15(5,6)12(2,3)4/h10-11H,7-9H2,1-6H3. The maximum atomic E-state index is 10.9. The van der Waals surface area contributed by atoms with Crippen molar-refractivity contribution in [2.45, 2.75) is 71.2 Å². The second kappa shape index (κ2) is 5.80. The Hall–Kier alpha value is -0.153. The minimum absolute atomic E-state index is 0.181. The van der Waals surface area contributed by atoms with E-state index in [0.29, 0.717) is 0 Å². The highest BCUT2D eigenvalue weighted by Crippen LogP contribution is 2.37. The second-order valence-electron chi connectivity index (χ2n) is 5.69. The second-order valence-corrected chi connectivity index (χ2v) is 10.5. The normalized spacial score (nSPS) is 15.1. The molecule has 0 aliphatic rings. The molecule has 0 aromatic heterocycles. The number of hydrogen-bond donors (Lipinski definition) is 0. The van der Waals surface area contributed by atoms with E-state index in [1.165, 1.54) is 0 Å². The average Bonchev–Trinajstić information content (AvgIpc) is 2.10. The van der Waals surface area contributed by atoms with Crippen molar-refractivity contribution in [3.8, 4) is 0 Å². The van der Waals surface area contributed by atoms with Gasteiger partial charge in [0.05, 0.1) is 0 Å². The zero-order chi connectivity index (χ0) is 12.1. The van der Waals surface area contributed by atoms with E-state index in [1.54, 1.807) is 0 Å². The van der Waals surface area contributed by atoms with Crippen LogP contribution in [-0.2, 0) is 9.22 Å². The molecule has 0 aliphatic heterocycles. The smallest absolute Gasteiger partial charge is 0.193 e. The van der Waals surface area contributed by atoms with Gasteiger partial charge in [-0.2, -0.15) is 0 Å². The summed E-state index contributed by atoms with van der Waals surface area (Å²) in [7, 11) is -1.77. The number of carbonyl (C=O) groups is 1. The number of hydrogen-bond acceptors (Lipinski definition) is 2. The first kappa shape index (κ1) is 14.8. The summed E-state index contributed by atoms with van der Waals surface area (Å²) in [5.41, 5.74) is 0. The molecule has 0 aliphatic carbocycles. The highest BCUT2D eigenvalue weighted by Gasteiger charge is 2.38. The first-order chi connectivity index (χ1) is 6.74. The Labute approximate surface area is 95.5 Å². The molecule has 0 saturated carbocycles. The molecule has 15 heavy (non-hydrogen) atoms. The molecule has 90 valence electrons. The molecule has 0 rings (SSSR count). The molecule has 0 saturated heterocycles. The molecule has 0 aromatic carbocycles. The predicted molar refractivity (Wildman–Crippen MR) is 67.7 cm³/mol. The first-order valence-corrected chi connectivity index (χ1v) is 8.78. The summed E-state index contributed by atoms with van der Waals surface area (Å²) < 4.78 is 6.02. The molecule has 0 aromatic rings. The van der Waals surface area contributed by atoms with Crippen LogP contribution in [0.2, 0.25) is 18.1 Å². The average molecular weight is 230 g/mol. The fourth-order valence-corrected chi connectivity index (χ4v) is 2.40. The Balaban J connectivity index is 4.34. The quantitative estimate of drug-likeness (QED) is 0.513. The lowest BCUT2D eigenvalue weighted by molar-refractivity contribution is -0.114. The third-order valence-corrected chi connectivity index (χ3v) is 7.75. The third kappa shape index (κ3) is 4.93. The number of carbonyl (C=O) groups excluding carboxylic acids is 1. The Morgan fingerprint density at radius 3 is 2.20 bits per heavy atom. The van der Waals surface area contributed by atoms with E-state index in [-0.39, 0.29) is 11.1 Å². The van der Waals surface area contributed by atoms with Crippen molar-refractivity contribution in [3.63, 3.8) is 0 Å². The highest BCUT2D eigenvalue weighted by atomic mass is 28.4. The van der Waals surface area contributed by atoms with E-state index in [4.69, 9.17) is 4.43 Å². The predicted octanol–water partition coefficient (Wildman–Crippen LogP) is 3.77. The van der Waals surface area contributed by atoms with Gasteiger partial charge in [-0.3, -0.25) is 0 Å². The SMILES string of the molecule is CCCCC(C=O)O[Si](C)(C)C(C)(C)C. The van der Waals surface area contributed by atoms with Crippen molar-refractivity contribution in [1.82, 2.24) is 0 Å². The molecule has 0 heterocycles. The van der Waals surface area contributed by atoms with Gasteiger partial charge in [-0.05, 0) is 24.6 Å². The summed E-state index contributed by atoms with van der Waals surface area (Å²) >= 11 is 0. The lowest BCUT2D eigenvalue weighted by Crippen LogP contribution is -2.44. The zero-order valence-corrected chi connectivity index (χ0v) is 12.1. The van der Waals surface area contributed by atoms with Crippen LogP contribution in [0.15, 0.2) is 0 Å². The summed E-state index contributed by atoms with van der Waals surface area (Å²) in [4.78, 5) is 10.9. The van der Waals surface area contributed by atoms with Crippen LogP contribution in [0, 0.1) is 0 Å². The largest absolute Gasteiger partial charge is 0.407 e. The van der Waals surface area contributed by atoms with E-state index in [0.717, 1.165) is 25.5 Å². The summed E-state index contributed by atoms with van der Waals surface area (Å²) in [6, 6.07) is 0. The molecule has 0 radical (unpaired) electrons. The van der Waals surface area contributed by atoms with Gasteiger partial charge in [-0.1, -0.05) is 40.5 Å². The fraction of sp³-hybridized carbons (Fsp3) is 0.917. The van der Waals surface area contributed by atoms with Crippen LogP contribution >= 0.6 is 0 Å². The van der Waals surface area contributed by atoms with Gasteiger partial charge >= 0.3 is 0 Å². The van der Waals surface area contributed by atoms with Crippen molar-refractivity contribution in [2.24, 2.45) is 0 Å². The van der Waals surface area contributed by atoms with Crippen molar-refractivity contribution >= 4 is 14.6 Å². The molecule has 0 fully saturated rings. The molecule has 2 nitrogen and oxygen atoms in total. The van der Waals surface area contributed by atoms with Gasteiger partial charge in [0.15, 0.2) is 8.32 Å². The van der Waals surface area contributed by atoms with Crippen molar-refractivity contribution in [2.75, 3.05) is 0 Å². The van der Waals surface area contributed by atoms with Crippen LogP contribution in [0.5, 0.6) is 0 Å².